The molecule has 2 fully saturated rings. The third-order valence-corrected chi connectivity index (χ3v) is 2.19. The summed E-state index contributed by atoms with van der Waals surface area (Å²) < 4.78 is 12.2. The summed E-state index contributed by atoms with van der Waals surface area (Å²) in [5, 5.41) is 0. The van der Waals surface area contributed by atoms with Gasteiger partial charge in [-0.1, -0.05) is 0 Å². The maximum absolute atomic E-state index is 5.07. The molecular formula is C6H10BrNO2. The van der Waals surface area contributed by atoms with Crippen molar-refractivity contribution in [1.29, 1.82) is 0 Å². The van der Waals surface area contributed by atoms with Gasteiger partial charge in [-0.2, -0.15) is 0 Å². The van der Waals surface area contributed by atoms with Gasteiger partial charge in [-0.05, 0) is 0 Å². The zero-order valence-corrected chi connectivity index (χ0v) is 7.21. The van der Waals surface area contributed by atoms with Gasteiger partial charge in [-0.25, -0.2) is 3.93 Å². The van der Waals surface area contributed by atoms with Gasteiger partial charge in [0.05, 0.1) is 25.4 Å². The van der Waals surface area contributed by atoms with Crippen LogP contribution in [0.2, 0.25) is 0 Å². The van der Waals surface area contributed by atoms with E-state index in [2.05, 4.69) is 20.1 Å². The van der Waals surface area contributed by atoms with E-state index in [1.54, 1.807) is 0 Å². The van der Waals surface area contributed by atoms with Crippen LogP contribution < -0.4 is 0 Å². The second-order valence-corrected chi connectivity index (χ2v) is 3.74. The maximum atomic E-state index is 5.07. The summed E-state index contributed by atoms with van der Waals surface area (Å²) in [6, 6.07) is 0. The van der Waals surface area contributed by atoms with Crippen molar-refractivity contribution in [2.45, 2.75) is 12.2 Å². The minimum absolute atomic E-state index is 0.470. The van der Waals surface area contributed by atoms with Crippen LogP contribution >= 0.6 is 16.1 Å². The molecule has 0 aromatic rings. The second kappa shape index (κ2) is 2.77. The summed E-state index contributed by atoms with van der Waals surface area (Å²) in [7, 11) is 0. The van der Waals surface area contributed by atoms with Crippen LogP contribution in [-0.2, 0) is 9.47 Å². The summed E-state index contributed by atoms with van der Waals surface area (Å²) in [6.07, 6.45) is 0.941. The number of ether oxygens (including phenoxy) is 2. The largest absolute Gasteiger partial charge is 0.372 e. The highest BCUT2D eigenvalue weighted by Gasteiger charge is 2.29. The average molecular weight is 208 g/mol. The van der Waals surface area contributed by atoms with E-state index in [4.69, 9.17) is 9.47 Å². The number of rotatable bonds is 4. The topological polar surface area (TPSA) is 28.3 Å². The van der Waals surface area contributed by atoms with Crippen molar-refractivity contribution in [3.8, 4) is 0 Å². The molecule has 0 spiro atoms. The van der Waals surface area contributed by atoms with E-state index in [0.29, 0.717) is 12.2 Å². The van der Waals surface area contributed by atoms with Gasteiger partial charge in [0.25, 0.3) is 0 Å². The van der Waals surface area contributed by atoms with Gasteiger partial charge in [0.1, 0.15) is 0 Å². The van der Waals surface area contributed by atoms with Gasteiger partial charge in [0, 0.05) is 29.2 Å². The standard InChI is InChI=1S/C6H10BrNO2/c7-8(1-5-3-9-5)2-6-4-10-6/h5-6H,1-4H2. The van der Waals surface area contributed by atoms with E-state index in [9.17, 15) is 0 Å². The molecule has 0 aromatic carbocycles. The van der Waals surface area contributed by atoms with E-state index in [1.165, 1.54) is 0 Å². The second-order valence-electron chi connectivity index (χ2n) is 2.74. The molecule has 0 aliphatic carbocycles. The van der Waals surface area contributed by atoms with Crippen LogP contribution in [0.4, 0.5) is 0 Å². The van der Waals surface area contributed by atoms with Gasteiger partial charge < -0.3 is 9.47 Å². The van der Waals surface area contributed by atoms with Crippen LogP contribution in [0, 0.1) is 0 Å². The Bertz CT molecular complexity index is 111. The lowest BCUT2D eigenvalue weighted by atomic mass is 10.4. The van der Waals surface area contributed by atoms with Crippen LogP contribution in [0.15, 0.2) is 0 Å². The quantitative estimate of drug-likeness (QED) is 0.494. The van der Waals surface area contributed by atoms with Crippen molar-refractivity contribution >= 4 is 16.1 Å². The SMILES string of the molecule is BrN(CC1CO1)CC1CO1. The Morgan fingerprint density at radius 3 is 1.90 bits per heavy atom. The van der Waals surface area contributed by atoms with Crippen LogP contribution in [0.3, 0.4) is 0 Å². The van der Waals surface area contributed by atoms with Crippen molar-refractivity contribution in [3.05, 3.63) is 0 Å². The normalized spacial score (nSPS) is 36.6. The van der Waals surface area contributed by atoms with Crippen molar-refractivity contribution in [2.75, 3.05) is 26.3 Å². The predicted octanol–water partition coefficient (Wildman–Crippen LogP) is 0.396. The molecule has 3 nitrogen and oxygen atoms in total. The molecule has 0 bridgehead atoms. The molecule has 2 rings (SSSR count). The molecule has 10 heavy (non-hydrogen) atoms. The van der Waals surface area contributed by atoms with E-state index >= 15 is 0 Å². The summed E-state index contributed by atoms with van der Waals surface area (Å²) >= 11 is 3.43. The number of epoxide rings is 2. The molecule has 2 atom stereocenters. The van der Waals surface area contributed by atoms with E-state index in [0.717, 1.165) is 26.3 Å². The van der Waals surface area contributed by atoms with Gasteiger partial charge in [0.2, 0.25) is 0 Å². The zero-order chi connectivity index (χ0) is 6.97. The Labute approximate surface area is 68.6 Å². The summed E-state index contributed by atoms with van der Waals surface area (Å²) in [6.45, 7) is 3.82. The molecule has 0 saturated carbocycles. The molecule has 2 heterocycles. The average Bonchev–Trinajstić information content (AvgIpc) is 2.59. The third-order valence-electron chi connectivity index (χ3n) is 1.61. The molecule has 2 aliphatic rings. The highest BCUT2D eigenvalue weighted by molar-refractivity contribution is 9.07. The third kappa shape index (κ3) is 2.20. The number of nitrogens with zero attached hydrogens (tertiary/aromatic N) is 1. The fraction of sp³-hybridized carbons (Fsp3) is 1.00. The Morgan fingerprint density at radius 2 is 1.60 bits per heavy atom. The van der Waals surface area contributed by atoms with Crippen molar-refractivity contribution in [2.24, 2.45) is 0 Å². The molecule has 2 aliphatic heterocycles. The molecule has 2 unspecified atom stereocenters. The van der Waals surface area contributed by atoms with Gasteiger partial charge in [0.15, 0.2) is 0 Å². The molecule has 0 aromatic heterocycles. The highest BCUT2D eigenvalue weighted by atomic mass is 79.9. The first-order valence-electron chi connectivity index (χ1n) is 3.48. The lowest BCUT2D eigenvalue weighted by Crippen LogP contribution is -2.21. The first kappa shape index (κ1) is 7.03. The molecule has 58 valence electrons. The highest BCUT2D eigenvalue weighted by Crippen LogP contribution is 2.17. The first-order chi connectivity index (χ1) is 4.84. The predicted molar refractivity (Wildman–Crippen MR) is 40.0 cm³/mol. The monoisotopic (exact) mass is 207 g/mol. The number of halogens is 1. The Balaban J connectivity index is 1.60. The molecule has 0 amide bonds. The lowest BCUT2D eigenvalue weighted by Gasteiger charge is -2.09. The molecule has 0 radical (unpaired) electrons. The first-order valence-corrected chi connectivity index (χ1v) is 4.19. The van der Waals surface area contributed by atoms with Crippen LogP contribution in [0.5, 0.6) is 0 Å². The summed E-state index contributed by atoms with van der Waals surface area (Å²) in [5.41, 5.74) is 0. The van der Waals surface area contributed by atoms with Crippen LogP contribution in [-0.4, -0.2) is 42.4 Å². The fourth-order valence-corrected chi connectivity index (χ4v) is 1.51. The number of hydrogen-bond acceptors (Lipinski definition) is 3. The fourth-order valence-electron chi connectivity index (χ4n) is 0.863. The van der Waals surface area contributed by atoms with Gasteiger partial charge in [-0.15, -0.1) is 0 Å². The van der Waals surface area contributed by atoms with Gasteiger partial charge in [-0.3, -0.25) is 0 Å². The Kier molecular flexibility index (Phi) is 1.95. The summed E-state index contributed by atoms with van der Waals surface area (Å²) in [4.78, 5) is 0. The Morgan fingerprint density at radius 1 is 1.20 bits per heavy atom. The zero-order valence-electron chi connectivity index (χ0n) is 5.62. The smallest absolute Gasteiger partial charge is 0.0945 e. The molecule has 2 saturated heterocycles. The van der Waals surface area contributed by atoms with Gasteiger partial charge >= 0.3 is 0 Å². The van der Waals surface area contributed by atoms with E-state index in [1.807, 2.05) is 0 Å². The minimum atomic E-state index is 0.470. The van der Waals surface area contributed by atoms with Crippen molar-refractivity contribution in [3.63, 3.8) is 0 Å². The minimum Gasteiger partial charge on any atom is -0.372 e. The Hall–Kier alpha value is 0.360. The van der Waals surface area contributed by atoms with Crippen LogP contribution in [0.25, 0.3) is 0 Å². The molecule has 4 heteroatoms. The van der Waals surface area contributed by atoms with Crippen LogP contribution in [0.1, 0.15) is 0 Å². The molecule has 0 N–H and O–H groups in total. The summed E-state index contributed by atoms with van der Waals surface area (Å²) in [5.74, 6) is 0. The van der Waals surface area contributed by atoms with E-state index in [-0.39, 0.29) is 0 Å². The van der Waals surface area contributed by atoms with E-state index < -0.39 is 0 Å². The van der Waals surface area contributed by atoms with Crippen molar-refractivity contribution in [1.82, 2.24) is 3.93 Å². The molecular weight excluding hydrogens is 198 g/mol. The van der Waals surface area contributed by atoms with Crippen molar-refractivity contribution < 1.29 is 9.47 Å². The maximum Gasteiger partial charge on any atom is 0.0945 e. The lowest BCUT2D eigenvalue weighted by molar-refractivity contribution is 0.325. The number of hydrogen-bond donors (Lipinski definition) is 0.